The zero-order chi connectivity index (χ0) is 22.5. The monoisotopic (exact) mass is 450 g/mol. The van der Waals surface area contributed by atoms with Gasteiger partial charge in [-0.2, -0.15) is 0 Å². The zero-order valence-corrected chi connectivity index (χ0v) is 19.2. The van der Waals surface area contributed by atoms with Crippen molar-refractivity contribution in [2.75, 3.05) is 44.4 Å². The number of nitrogens with one attached hydrogen (secondary N) is 2. The molecule has 0 radical (unpaired) electrons. The summed E-state index contributed by atoms with van der Waals surface area (Å²) in [6.07, 6.45) is 5.86. The number of rotatable bonds is 6. The van der Waals surface area contributed by atoms with E-state index < -0.39 is 0 Å². The van der Waals surface area contributed by atoms with E-state index in [1.165, 1.54) is 24.9 Å². The first kappa shape index (κ1) is 21.9. The lowest BCUT2D eigenvalue weighted by molar-refractivity contribution is 0.172. The molecule has 2 amide bonds. The fourth-order valence-corrected chi connectivity index (χ4v) is 5.18. The molecule has 1 saturated carbocycles. The summed E-state index contributed by atoms with van der Waals surface area (Å²) in [7, 11) is 0. The molecule has 3 aliphatic rings. The lowest BCUT2D eigenvalue weighted by Crippen LogP contribution is -2.51. The summed E-state index contributed by atoms with van der Waals surface area (Å²) in [5.74, 6) is 1.57. The van der Waals surface area contributed by atoms with Crippen molar-refractivity contribution in [2.45, 2.75) is 44.2 Å². The second-order valence-corrected chi connectivity index (χ2v) is 9.18. The van der Waals surface area contributed by atoms with Gasteiger partial charge in [-0.05, 0) is 42.7 Å². The van der Waals surface area contributed by atoms with Gasteiger partial charge in [-0.3, -0.25) is 4.90 Å². The topological polar surface area (TPSA) is 66.1 Å². The minimum Gasteiger partial charge on any atom is -0.454 e. The molecular formula is C26H34N4O3. The summed E-state index contributed by atoms with van der Waals surface area (Å²) in [6.45, 7) is 4.60. The minimum absolute atomic E-state index is 0.0597. The molecule has 1 saturated heterocycles. The van der Waals surface area contributed by atoms with Crippen LogP contribution in [0.2, 0.25) is 0 Å². The summed E-state index contributed by atoms with van der Waals surface area (Å²) in [5, 5.41) is 6.34. The van der Waals surface area contributed by atoms with E-state index in [4.69, 9.17) is 9.47 Å². The third-order valence-corrected chi connectivity index (χ3v) is 7.05. The van der Waals surface area contributed by atoms with E-state index in [1.807, 2.05) is 6.07 Å². The molecule has 2 N–H and O–H groups in total. The molecule has 2 heterocycles. The number of piperazine rings is 1. The van der Waals surface area contributed by atoms with Crippen LogP contribution in [0, 0.1) is 0 Å². The number of hydrogen-bond donors (Lipinski definition) is 2. The number of fused-ring (bicyclic) bond motifs is 1. The Morgan fingerprint density at radius 1 is 0.939 bits per heavy atom. The van der Waals surface area contributed by atoms with Gasteiger partial charge in [0.1, 0.15) is 0 Å². The fourth-order valence-electron chi connectivity index (χ4n) is 5.18. The average molecular weight is 451 g/mol. The zero-order valence-electron chi connectivity index (χ0n) is 19.2. The number of hydrogen-bond acceptors (Lipinski definition) is 5. The molecule has 1 atom stereocenters. The summed E-state index contributed by atoms with van der Waals surface area (Å²) in [6, 6.07) is 17.0. The van der Waals surface area contributed by atoms with Crippen LogP contribution < -0.4 is 25.0 Å². The maximum atomic E-state index is 12.7. The Labute approximate surface area is 196 Å². The van der Waals surface area contributed by atoms with E-state index in [0.29, 0.717) is 12.6 Å². The molecule has 7 heteroatoms. The first-order chi connectivity index (χ1) is 16.3. The number of anilines is 1. The first-order valence-corrected chi connectivity index (χ1v) is 12.2. The van der Waals surface area contributed by atoms with E-state index in [0.717, 1.165) is 56.1 Å². The lowest BCUT2D eigenvalue weighted by Gasteiger charge is -2.40. The standard InChI is InChI=1S/C26H34N4O3/c31-26(28-21-7-3-1-4-8-21)27-18-23(20-11-12-24-25(17-20)33-19-32-24)30-15-13-29(14-16-30)22-9-5-2-6-10-22/h2,5-6,9-12,17,21,23H,1,3-4,7-8,13-16,18-19H2,(H2,27,28,31)/t23-/m1/s1. The molecule has 0 spiro atoms. The van der Waals surface area contributed by atoms with Crippen LogP contribution in [-0.2, 0) is 0 Å². The number of urea groups is 1. The van der Waals surface area contributed by atoms with Gasteiger partial charge in [0.25, 0.3) is 0 Å². The molecule has 2 aromatic carbocycles. The molecule has 5 rings (SSSR count). The van der Waals surface area contributed by atoms with E-state index in [9.17, 15) is 4.79 Å². The first-order valence-electron chi connectivity index (χ1n) is 12.2. The Hall–Kier alpha value is -2.93. The van der Waals surface area contributed by atoms with Crippen molar-refractivity contribution in [1.82, 2.24) is 15.5 Å². The van der Waals surface area contributed by atoms with Gasteiger partial charge in [0, 0.05) is 44.5 Å². The highest BCUT2D eigenvalue weighted by Gasteiger charge is 2.27. The van der Waals surface area contributed by atoms with Crippen molar-refractivity contribution in [3.63, 3.8) is 0 Å². The van der Waals surface area contributed by atoms with Crippen molar-refractivity contribution in [3.8, 4) is 11.5 Å². The Morgan fingerprint density at radius 3 is 2.48 bits per heavy atom. The largest absolute Gasteiger partial charge is 0.454 e. The van der Waals surface area contributed by atoms with Gasteiger partial charge in [-0.15, -0.1) is 0 Å². The molecule has 0 unspecified atom stereocenters. The van der Waals surface area contributed by atoms with Crippen LogP contribution in [-0.4, -0.2) is 56.5 Å². The Balaban J connectivity index is 1.25. The Bertz CT molecular complexity index is 924. The number of carbonyl (C=O) groups excluding carboxylic acids is 1. The van der Waals surface area contributed by atoms with E-state index in [1.54, 1.807) is 0 Å². The number of carbonyl (C=O) groups is 1. The second-order valence-electron chi connectivity index (χ2n) is 9.18. The van der Waals surface area contributed by atoms with Crippen molar-refractivity contribution in [1.29, 1.82) is 0 Å². The van der Waals surface area contributed by atoms with Gasteiger partial charge in [-0.1, -0.05) is 43.5 Å². The van der Waals surface area contributed by atoms with Crippen molar-refractivity contribution in [2.24, 2.45) is 0 Å². The highest BCUT2D eigenvalue weighted by molar-refractivity contribution is 5.74. The molecule has 176 valence electrons. The fraction of sp³-hybridized carbons (Fsp3) is 0.500. The van der Waals surface area contributed by atoms with Crippen LogP contribution in [0.4, 0.5) is 10.5 Å². The van der Waals surface area contributed by atoms with Crippen LogP contribution in [0.5, 0.6) is 11.5 Å². The van der Waals surface area contributed by atoms with E-state index in [-0.39, 0.29) is 18.9 Å². The number of para-hydroxylation sites is 1. The quantitative estimate of drug-likeness (QED) is 0.699. The van der Waals surface area contributed by atoms with Crippen LogP contribution in [0.3, 0.4) is 0 Å². The number of ether oxygens (including phenoxy) is 2. The molecule has 0 aromatic heterocycles. The van der Waals surface area contributed by atoms with Crippen molar-refractivity contribution >= 4 is 11.7 Å². The molecule has 1 aliphatic carbocycles. The van der Waals surface area contributed by atoms with Crippen molar-refractivity contribution in [3.05, 3.63) is 54.1 Å². The highest BCUT2D eigenvalue weighted by Crippen LogP contribution is 2.35. The molecule has 0 bridgehead atoms. The highest BCUT2D eigenvalue weighted by atomic mass is 16.7. The summed E-state index contributed by atoms with van der Waals surface area (Å²) in [5.41, 5.74) is 2.41. The molecule has 2 fully saturated rings. The normalized spacial score (nSPS) is 19.8. The summed E-state index contributed by atoms with van der Waals surface area (Å²) in [4.78, 5) is 17.6. The summed E-state index contributed by atoms with van der Waals surface area (Å²) >= 11 is 0. The van der Waals surface area contributed by atoms with Gasteiger partial charge in [-0.25, -0.2) is 4.79 Å². The minimum atomic E-state index is -0.0597. The van der Waals surface area contributed by atoms with Gasteiger partial charge in [0.2, 0.25) is 6.79 Å². The average Bonchev–Trinajstić information content (AvgIpc) is 3.34. The third kappa shape index (κ3) is 5.36. The third-order valence-electron chi connectivity index (χ3n) is 7.05. The van der Waals surface area contributed by atoms with Crippen molar-refractivity contribution < 1.29 is 14.3 Å². The number of nitrogens with zero attached hydrogens (tertiary/aromatic N) is 2. The number of amides is 2. The van der Waals surface area contributed by atoms with E-state index >= 15 is 0 Å². The van der Waals surface area contributed by atoms with E-state index in [2.05, 4.69) is 62.9 Å². The molecule has 33 heavy (non-hydrogen) atoms. The maximum Gasteiger partial charge on any atom is 0.315 e. The maximum absolute atomic E-state index is 12.7. The molecule has 2 aliphatic heterocycles. The van der Waals surface area contributed by atoms with Gasteiger partial charge in [0.05, 0.1) is 6.04 Å². The predicted molar refractivity (Wildman–Crippen MR) is 129 cm³/mol. The molecule has 2 aromatic rings. The molecule has 7 nitrogen and oxygen atoms in total. The number of benzene rings is 2. The smallest absolute Gasteiger partial charge is 0.315 e. The Kier molecular flexibility index (Phi) is 6.86. The van der Waals surface area contributed by atoms with Crippen LogP contribution in [0.1, 0.15) is 43.7 Å². The summed E-state index contributed by atoms with van der Waals surface area (Å²) < 4.78 is 11.1. The van der Waals surface area contributed by atoms with Gasteiger partial charge in [0.15, 0.2) is 11.5 Å². The lowest BCUT2D eigenvalue weighted by atomic mass is 9.96. The predicted octanol–water partition coefficient (Wildman–Crippen LogP) is 3.91. The van der Waals surface area contributed by atoms with Crippen LogP contribution in [0.25, 0.3) is 0 Å². The van der Waals surface area contributed by atoms with Gasteiger partial charge < -0.3 is 25.0 Å². The Morgan fingerprint density at radius 2 is 1.70 bits per heavy atom. The second kappa shape index (κ2) is 10.3. The van der Waals surface area contributed by atoms with Crippen LogP contribution >= 0.6 is 0 Å². The van der Waals surface area contributed by atoms with Crippen LogP contribution in [0.15, 0.2) is 48.5 Å². The van der Waals surface area contributed by atoms with Gasteiger partial charge >= 0.3 is 6.03 Å². The SMILES string of the molecule is O=C(NC[C@H](c1ccc2c(c1)OCO2)N1CCN(c2ccccc2)CC1)NC1CCCCC1. The molecular weight excluding hydrogens is 416 g/mol.